The number of carbonyl (C=O) groups is 6. The van der Waals surface area contributed by atoms with Crippen LogP contribution in [0, 0.1) is 6.92 Å². The minimum absolute atomic E-state index is 0.0283. The van der Waals surface area contributed by atoms with E-state index in [1.165, 1.54) is 19.2 Å². The van der Waals surface area contributed by atoms with E-state index in [0.29, 0.717) is 18.8 Å². The summed E-state index contributed by atoms with van der Waals surface area (Å²) in [5.41, 5.74) is 3.45. The number of aliphatic imine (C=N–C) groups is 2. The number of anilines is 1. The number of aryl methyl sites for hydroxylation is 1. The van der Waals surface area contributed by atoms with Crippen molar-refractivity contribution in [3.8, 4) is 0 Å². The molecule has 2 amide bonds. The van der Waals surface area contributed by atoms with Crippen molar-refractivity contribution in [3.63, 3.8) is 0 Å². The average Bonchev–Trinajstić information content (AvgIpc) is 3.15. The standard InChI is InChI=1S/C16H20N2O6S2.C10H8N2O2.C6H10O4S2/c1-11-4-3-5-12(8-11)18-16(22)26-10-14(20)24-7-6-23-13(19)9-25-15(21)17-2;13-7-11-5-9-2-1-3-10(4-9)6-12-8-14;7-5(3-11)9-1-2-10-6(8)4-12/h3-5,8H,6-7,9-10H2,1-2H3,(H,17,21)(H,18,22);1-4H,5-6H2;11-12H,1-4H2. The quantitative estimate of drug-likeness (QED) is 0.0448. The Morgan fingerprint density at radius 3 is 1.54 bits per heavy atom. The number of ether oxygens (including phenoxy) is 4. The number of amides is 2. The lowest BCUT2D eigenvalue weighted by atomic mass is 10.1. The second-order valence-electron chi connectivity index (χ2n) is 9.23. The minimum atomic E-state index is -0.592. The molecule has 20 heteroatoms. The molecule has 0 fully saturated rings. The topological polar surface area (TPSA) is 222 Å². The van der Waals surface area contributed by atoms with Gasteiger partial charge >= 0.3 is 23.9 Å². The first-order valence-corrected chi connectivity index (χ1v) is 18.1. The number of esters is 4. The Balaban J connectivity index is 0.000000838. The normalized spacial score (nSPS) is 9.38. The first-order chi connectivity index (χ1) is 25.0. The number of hydrogen-bond acceptors (Lipinski definition) is 18. The molecule has 0 aliphatic carbocycles. The second-order valence-corrected chi connectivity index (χ2v) is 11.8. The molecule has 0 unspecified atom stereocenters. The number of carbonyl (C=O) groups excluding carboxylic acids is 8. The molecule has 2 rings (SSSR count). The van der Waals surface area contributed by atoms with Gasteiger partial charge in [0, 0.05) is 12.7 Å². The van der Waals surface area contributed by atoms with Crippen molar-refractivity contribution < 1.29 is 57.3 Å². The minimum Gasteiger partial charge on any atom is -0.461 e. The lowest BCUT2D eigenvalue weighted by Gasteiger charge is -2.07. The lowest BCUT2D eigenvalue weighted by Crippen LogP contribution is -2.19. The summed E-state index contributed by atoms with van der Waals surface area (Å²) in [5.74, 6) is -2.26. The van der Waals surface area contributed by atoms with E-state index in [1.54, 1.807) is 6.07 Å². The average molecular weight is 799 g/mol. The number of thiol groups is 2. The Morgan fingerprint density at radius 1 is 0.673 bits per heavy atom. The molecular weight excluding hydrogens is 761 g/mol. The van der Waals surface area contributed by atoms with Gasteiger partial charge in [0.2, 0.25) is 12.2 Å². The zero-order chi connectivity index (χ0) is 39.0. The van der Waals surface area contributed by atoms with E-state index in [0.717, 1.165) is 40.2 Å². The van der Waals surface area contributed by atoms with Crippen LogP contribution in [0.2, 0.25) is 0 Å². The summed E-state index contributed by atoms with van der Waals surface area (Å²) in [5, 5.41) is 4.31. The van der Waals surface area contributed by atoms with Crippen LogP contribution in [0.5, 0.6) is 0 Å². The van der Waals surface area contributed by atoms with Crippen molar-refractivity contribution in [3.05, 3.63) is 65.2 Å². The van der Waals surface area contributed by atoms with E-state index in [2.05, 4.69) is 55.3 Å². The molecular formula is C32H38N4O12S4. The van der Waals surface area contributed by atoms with Crippen LogP contribution in [0.25, 0.3) is 0 Å². The van der Waals surface area contributed by atoms with E-state index >= 15 is 0 Å². The zero-order valence-electron chi connectivity index (χ0n) is 28.2. The van der Waals surface area contributed by atoms with Crippen molar-refractivity contribution in [1.82, 2.24) is 5.32 Å². The molecule has 2 aromatic carbocycles. The SMILES string of the molecule is CNC(=O)SCC(=O)OCCOC(=O)CSC(=O)Nc1cccc(C)c1.O=C(CS)OCCOC(=O)CS.O=C=NCc1cccc(CN=C=O)c1. The molecule has 0 radical (unpaired) electrons. The van der Waals surface area contributed by atoms with Crippen LogP contribution in [0.1, 0.15) is 16.7 Å². The summed E-state index contributed by atoms with van der Waals surface area (Å²) >= 11 is 8.93. The van der Waals surface area contributed by atoms with Gasteiger partial charge in [-0.2, -0.15) is 25.3 Å². The van der Waals surface area contributed by atoms with Crippen LogP contribution >= 0.6 is 48.8 Å². The van der Waals surface area contributed by atoms with Gasteiger partial charge in [-0.15, -0.1) is 0 Å². The van der Waals surface area contributed by atoms with E-state index in [1.807, 2.05) is 49.4 Å². The van der Waals surface area contributed by atoms with Gasteiger partial charge in [-0.05, 0) is 35.7 Å². The van der Waals surface area contributed by atoms with Crippen molar-refractivity contribution in [2.45, 2.75) is 20.0 Å². The number of thioether (sulfide) groups is 2. The molecule has 52 heavy (non-hydrogen) atoms. The molecule has 282 valence electrons. The Labute approximate surface area is 319 Å². The first-order valence-electron chi connectivity index (χ1n) is 14.8. The molecule has 0 saturated heterocycles. The van der Waals surface area contributed by atoms with Crippen molar-refractivity contribution in [2.75, 3.05) is 61.8 Å². The van der Waals surface area contributed by atoms with Crippen LogP contribution in [-0.4, -0.2) is 103 Å². The fourth-order valence-electron chi connectivity index (χ4n) is 3.07. The van der Waals surface area contributed by atoms with Crippen LogP contribution in [-0.2, 0) is 60.8 Å². The van der Waals surface area contributed by atoms with E-state index in [9.17, 15) is 38.4 Å². The number of benzene rings is 2. The highest BCUT2D eigenvalue weighted by molar-refractivity contribution is 8.14. The van der Waals surface area contributed by atoms with Crippen molar-refractivity contribution in [2.24, 2.45) is 9.98 Å². The third-order valence-electron chi connectivity index (χ3n) is 5.23. The van der Waals surface area contributed by atoms with E-state index in [4.69, 9.17) is 9.47 Å². The van der Waals surface area contributed by atoms with E-state index in [-0.39, 0.29) is 59.9 Å². The summed E-state index contributed by atoms with van der Waals surface area (Å²) < 4.78 is 18.8. The molecule has 0 aromatic heterocycles. The second kappa shape index (κ2) is 31.2. The smallest absolute Gasteiger partial charge is 0.316 e. The number of nitrogens with one attached hydrogen (secondary N) is 2. The molecule has 0 bridgehead atoms. The van der Waals surface area contributed by atoms with Gasteiger partial charge in [-0.25, -0.2) is 19.6 Å². The predicted molar refractivity (Wildman–Crippen MR) is 201 cm³/mol. The monoisotopic (exact) mass is 798 g/mol. The Hall–Kier alpha value is -4.58. The van der Waals surface area contributed by atoms with Gasteiger partial charge in [0.1, 0.15) is 37.9 Å². The van der Waals surface area contributed by atoms with Gasteiger partial charge < -0.3 is 29.6 Å². The van der Waals surface area contributed by atoms with Crippen LogP contribution in [0.4, 0.5) is 15.3 Å². The summed E-state index contributed by atoms with van der Waals surface area (Å²) in [6.07, 6.45) is 2.94. The van der Waals surface area contributed by atoms with Crippen molar-refractivity contribution >= 4 is 101 Å². The van der Waals surface area contributed by atoms with E-state index < -0.39 is 23.9 Å². The fourth-order valence-corrected chi connectivity index (χ4v) is 4.25. The number of rotatable bonds is 17. The Bertz CT molecular complexity index is 1500. The Kier molecular flexibility index (Phi) is 28.4. The zero-order valence-corrected chi connectivity index (χ0v) is 31.6. The van der Waals surface area contributed by atoms with Crippen LogP contribution in [0.3, 0.4) is 0 Å². The largest absolute Gasteiger partial charge is 0.461 e. The van der Waals surface area contributed by atoms with Crippen LogP contribution < -0.4 is 10.6 Å². The third kappa shape index (κ3) is 27.2. The molecule has 0 heterocycles. The summed E-state index contributed by atoms with van der Waals surface area (Å²) in [6.45, 7) is 2.43. The van der Waals surface area contributed by atoms with Gasteiger partial charge in [-0.1, -0.05) is 59.9 Å². The molecule has 0 saturated carbocycles. The first kappa shape index (κ1) is 47.4. The highest BCUT2D eigenvalue weighted by Gasteiger charge is 2.11. The summed E-state index contributed by atoms with van der Waals surface area (Å²) in [6, 6.07) is 14.6. The molecule has 0 atom stereocenters. The van der Waals surface area contributed by atoms with Crippen LogP contribution in [0.15, 0.2) is 58.5 Å². The number of hydrogen-bond donors (Lipinski definition) is 4. The highest BCUT2D eigenvalue weighted by Crippen LogP contribution is 2.13. The molecule has 0 spiro atoms. The highest BCUT2D eigenvalue weighted by atomic mass is 32.2. The Morgan fingerprint density at radius 2 is 1.12 bits per heavy atom. The van der Waals surface area contributed by atoms with Gasteiger partial charge in [-0.3, -0.25) is 28.8 Å². The van der Waals surface area contributed by atoms with Gasteiger partial charge in [0.15, 0.2) is 0 Å². The third-order valence-corrected chi connectivity index (χ3v) is 7.34. The molecule has 2 aromatic rings. The maximum Gasteiger partial charge on any atom is 0.316 e. The predicted octanol–water partition coefficient (Wildman–Crippen LogP) is 3.71. The van der Waals surface area contributed by atoms with Gasteiger partial charge in [0.05, 0.1) is 24.6 Å². The number of nitrogens with zero attached hydrogens (tertiary/aromatic N) is 2. The number of isocyanates is 2. The maximum atomic E-state index is 11.7. The summed E-state index contributed by atoms with van der Waals surface area (Å²) in [7, 11) is 1.46. The molecule has 2 N–H and O–H groups in total. The summed E-state index contributed by atoms with van der Waals surface area (Å²) in [4.78, 5) is 93.1. The molecule has 16 nitrogen and oxygen atoms in total. The fraction of sp³-hybridized carbons (Fsp3) is 0.375. The van der Waals surface area contributed by atoms with Crippen molar-refractivity contribution in [1.29, 1.82) is 0 Å². The molecule has 0 aliphatic heterocycles. The maximum absolute atomic E-state index is 11.7. The van der Waals surface area contributed by atoms with Gasteiger partial charge in [0.25, 0.3) is 10.5 Å². The molecule has 0 aliphatic rings. The lowest BCUT2D eigenvalue weighted by molar-refractivity contribution is -0.148.